The number of thioether (sulfide) groups is 1. The molecule has 0 aliphatic carbocycles. The van der Waals surface area contributed by atoms with Crippen molar-refractivity contribution >= 4 is 34.7 Å². The topological polar surface area (TPSA) is 17.8 Å². The number of thiophene rings is 1. The second kappa shape index (κ2) is 5.05. The van der Waals surface area contributed by atoms with Gasteiger partial charge in [0, 0.05) is 17.7 Å². The molecule has 0 radical (unpaired) electrons. The molecule has 0 atom stereocenters. The van der Waals surface area contributed by atoms with E-state index in [-0.39, 0.29) is 0 Å². The van der Waals surface area contributed by atoms with E-state index in [4.69, 9.17) is 11.6 Å². The fourth-order valence-corrected chi connectivity index (χ4v) is 3.21. The van der Waals surface area contributed by atoms with E-state index >= 15 is 0 Å². The van der Waals surface area contributed by atoms with Crippen LogP contribution in [0.25, 0.3) is 0 Å². The summed E-state index contributed by atoms with van der Waals surface area (Å²) in [5.74, 6) is 1.49. The van der Waals surface area contributed by atoms with Crippen molar-refractivity contribution in [2.45, 2.75) is 16.8 Å². The Bertz CT molecular complexity index is 423. The fraction of sp³-hybridized carbons (Fsp3) is 0.300. The van der Waals surface area contributed by atoms with Gasteiger partial charge in [0.2, 0.25) is 0 Å². The van der Waals surface area contributed by atoms with E-state index in [1.165, 1.54) is 4.88 Å². The van der Waals surface area contributed by atoms with Gasteiger partial charge in [-0.25, -0.2) is 4.98 Å². The van der Waals surface area contributed by atoms with Gasteiger partial charge in [-0.3, -0.25) is 0 Å². The van der Waals surface area contributed by atoms with Gasteiger partial charge in [-0.05, 0) is 11.4 Å². The molecule has 2 rings (SSSR count). The van der Waals surface area contributed by atoms with Gasteiger partial charge in [0.15, 0.2) is 5.16 Å². The molecule has 0 spiro atoms. The van der Waals surface area contributed by atoms with Crippen molar-refractivity contribution < 1.29 is 0 Å². The van der Waals surface area contributed by atoms with E-state index in [2.05, 4.69) is 22.5 Å². The summed E-state index contributed by atoms with van der Waals surface area (Å²) in [5.41, 5.74) is 1.06. The van der Waals surface area contributed by atoms with Crippen LogP contribution < -0.4 is 0 Å². The van der Waals surface area contributed by atoms with Crippen LogP contribution in [-0.2, 0) is 18.7 Å². The first-order valence-corrected chi connectivity index (χ1v) is 6.93. The van der Waals surface area contributed by atoms with Crippen LogP contribution in [0.1, 0.15) is 10.6 Å². The number of hydrogen-bond acceptors (Lipinski definition) is 3. The average molecular weight is 259 g/mol. The van der Waals surface area contributed by atoms with Gasteiger partial charge in [0.1, 0.15) is 0 Å². The number of alkyl halides is 1. The van der Waals surface area contributed by atoms with Gasteiger partial charge in [-0.1, -0.05) is 17.8 Å². The van der Waals surface area contributed by atoms with E-state index in [1.807, 2.05) is 17.8 Å². The Morgan fingerprint density at radius 2 is 2.47 bits per heavy atom. The third-order valence-electron chi connectivity index (χ3n) is 2.10. The Kier molecular flexibility index (Phi) is 3.72. The van der Waals surface area contributed by atoms with Crippen LogP contribution >= 0.6 is 34.7 Å². The van der Waals surface area contributed by atoms with Gasteiger partial charge >= 0.3 is 0 Å². The van der Waals surface area contributed by atoms with Crippen molar-refractivity contribution in [2.75, 3.05) is 0 Å². The molecule has 0 aliphatic rings. The van der Waals surface area contributed by atoms with Crippen LogP contribution in [0.5, 0.6) is 0 Å². The lowest BCUT2D eigenvalue weighted by molar-refractivity contribution is 0.761. The Hall–Kier alpha value is -0.450. The molecule has 0 saturated heterocycles. The maximum atomic E-state index is 5.78. The zero-order chi connectivity index (χ0) is 10.7. The largest absolute Gasteiger partial charge is 0.325 e. The van der Waals surface area contributed by atoms with E-state index in [1.54, 1.807) is 23.1 Å². The summed E-state index contributed by atoms with van der Waals surface area (Å²) in [7, 11) is 2.00. The maximum absolute atomic E-state index is 5.78. The van der Waals surface area contributed by atoms with Crippen molar-refractivity contribution in [3.05, 3.63) is 34.3 Å². The van der Waals surface area contributed by atoms with Crippen molar-refractivity contribution in [2.24, 2.45) is 7.05 Å². The summed E-state index contributed by atoms with van der Waals surface area (Å²) >= 11 is 9.30. The van der Waals surface area contributed by atoms with Gasteiger partial charge in [-0.2, -0.15) is 0 Å². The summed E-state index contributed by atoms with van der Waals surface area (Å²) in [6.07, 6.45) is 1.84. The minimum Gasteiger partial charge on any atom is -0.325 e. The Labute approximate surface area is 102 Å². The zero-order valence-corrected chi connectivity index (χ0v) is 10.7. The van der Waals surface area contributed by atoms with Crippen LogP contribution in [0.2, 0.25) is 0 Å². The first kappa shape index (κ1) is 11.0. The number of halogens is 1. The molecule has 5 heteroatoms. The minimum atomic E-state index is 0.517. The van der Waals surface area contributed by atoms with Crippen molar-refractivity contribution in [3.8, 4) is 0 Å². The molecular formula is C10H11ClN2S2. The third kappa shape index (κ3) is 2.56. The Morgan fingerprint density at radius 3 is 3.07 bits per heavy atom. The number of nitrogens with zero attached hydrogens (tertiary/aromatic N) is 2. The number of rotatable bonds is 4. The van der Waals surface area contributed by atoms with Crippen LogP contribution in [0.4, 0.5) is 0 Å². The smallest absolute Gasteiger partial charge is 0.168 e. The molecule has 2 aromatic rings. The fourth-order valence-electron chi connectivity index (χ4n) is 1.21. The summed E-state index contributed by atoms with van der Waals surface area (Å²) in [6, 6.07) is 4.21. The highest BCUT2D eigenvalue weighted by molar-refractivity contribution is 7.98. The monoisotopic (exact) mass is 258 g/mol. The van der Waals surface area contributed by atoms with E-state index in [9.17, 15) is 0 Å². The SMILES string of the molecule is Cn1c(CCl)cnc1SCc1cccs1. The average Bonchev–Trinajstić information content (AvgIpc) is 2.85. The van der Waals surface area contributed by atoms with Crippen LogP contribution in [0, 0.1) is 0 Å². The van der Waals surface area contributed by atoms with Crippen LogP contribution in [-0.4, -0.2) is 9.55 Å². The lowest BCUT2D eigenvalue weighted by atomic mass is 10.5. The van der Waals surface area contributed by atoms with Gasteiger partial charge in [0.25, 0.3) is 0 Å². The van der Waals surface area contributed by atoms with Crippen molar-refractivity contribution in [1.82, 2.24) is 9.55 Å². The van der Waals surface area contributed by atoms with Crippen molar-refractivity contribution in [3.63, 3.8) is 0 Å². The van der Waals surface area contributed by atoms with E-state index in [0.29, 0.717) is 5.88 Å². The molecule has 0 unspecified atom stereocenters. The summed E-state index contributed by atoms with van der Waals surface area (Å²) < 4.78 is 2.05. The summed E-state index contributed by atoms with van der Waals surface area (Å²) in [5, 5.41) is 3.12. The summed E-state index contributed by atoms with van der Waals surface area (Å²) in [4.78, 5) is 5.70. The molecule has 0 amide bonds. The number of hydrogen-bond donors (Lipinski definition) is 0. The highest BCUT2D eigenvalue weighted by Crippen LogP contribution is 2.24. The second-order valence-corrected chi connectivity index (χ2v) is 5.33. The molecule has 2 aromatic heterocycles. The third-order valence-corrected chi connectivity index (χ3v) is 4.53. The van der Waals surface area contributed by atoms with E-state index < -0.39 is 0 Å². The van der Waals surface area contributed by atoms with Crippen LogP contribution in [0.15, 0.2) is 28.9 Å². The molecular weight excluding hydrogens is 248 g/mol. The zero-order valence-electron chi connectivity index (χ0n) is 8.31. The molecule has 0 aliphatic heterocycles. The molecule has 0 fully saturated rings. The predicted molar refractivity (Wildman–Crippen MR) is 66.6 cm³/mol. The first-order chi connectivity index (χ1) is 7.31. The van der Waals surface area contributed by atoms with Crippen LogP contribution in [0.3, 0.4) is 0 Å². The maximum Gasteiger partial charge on any atom is 0.168 e. The lowest BCUT2D eigenvalue weighted by Gasteiger charge is -2.02. The van der Waals surface area contributed by atoms with Gasteiger partial charge < -0.3 is 4.57 Å². The molecule has 0 bridgehead atoms. The van der Waals surface area contributed by atoms with Crippen molar-refractivity contribution in [1.29, 1.82) is 0 Å². The molecule has 0 aromatic carbocycles. The molecule has 0 N–H and O–H groups in total. The van der Waals surface area contributed by atoms with E-state index in [0.717, 1.165) is 16.6 Å². The molecule has 2 heterocycles. The molecule has 15 heavy (non-hydrogen) atoms. The quantitative estimate of drug-likeness (QED) is 0.617. The standard InChI is InChI=1S/C10H11ClN2S2/c1-13-8(5-11)6-12-10(13)15-7-9-3-2-4-14-9/h2-4,6H,5,7H2,1H3. The second-order valence-electron chi connectivity index (χ2n) is 3.09. The molecule has 2 nitrogen and oxygen atoms in total. The Balaban J connectivity index is 2.02. The highest BCUT2D eigenvalue weighted by Gasteiger charge is 2.06. The minimum absolute atomic E-state index is 0.517. The lowest BCUT2D eigenvalue weighted by Crippen LogP contribution is -1.95. The predicted octanol–water partition coefficient (Wildman–Crippen LogP) is 3.51. The number of aromatic nitrogens is 2. The highest BCUT2D eigenvalue weighted by atomic mass is 35.5. The molecule has 0 saturated carbocycles. The van der Waals surface area contributed by atoms with Gasteiger partial charge in [0.05, 0.1) is 17.8 Å². The normalized spacial score (nSPS) is 10.8. The first-order valence-electron chi connectivity index (χ1n) is 4.53. The molecule has 80 valence electrons. The van der Waals surface area contributed by atoms with Gasteiger partial charge in [-0.15, -0.1) is 22.9 Å². The Morgan fingerprint density at radius 1 is 1.60 bits per heavy atom. The summed E-state index contributed by atoms with van der Waals surface area (Å²) in [6.45, 7) is 0. The number of imidazole rings is 1.